The van der Waals surface area contributed by atoms with Gasteiger partial charge in [-0.2, -0.15) is 0 Å². The third kappa shape index (κ3) is 2.90. The summed E-state index contributed by atoms with van der Waals surface area (Å²) < 4.78 is 39.4. The normalized spacial score (nSPS) is 15.7. The van der Waals surface area contributed by atoms with E-state index in [0.29, 0.717) is 30.5 Å². The number of ether oxygens (including phenoxy) is 2. The van der Waals surface area contributed by atoms with Crippen LogP contribution in [0.1, 0.15) is 16.7 Å². The molecule has 0 bridgehead atoms. The lowest BCUT2D eigenvalue weighted by atomic mass is 9.97. The van der Waals surface area contributed by atoms with Crippen LogP contribution < -0.4 is 14.2 Å². The van der Waals surface area contributed by atoms with Gasteiger partial charge in [0.2, 0.25) is 10.0 Å². The summed E-state index contributed by atoms with van der Waals surface area (Å²) in [6.45, 7) is 1.65. The smallest absolute Gasteiger partial charge is 0.250 e. The topological polar surface area (TPSA) is 64.6 Å². The molecule has 2 aliphatic rings. The lowest BCUT2D eigenvalue weighted by Gasteiger charge is -2.13. The van der Waals surface area contributed by atoms with E-state index >= 15 is 0 Å². The van der Waals surface area contributed by atoms with Crippen molar-refractivity contribution < 1.29 is 17.9 Å². The van der Waals surface area contributed by atoms with E-state index in [0.717, 1.165) is 52.4 Å². The number of thiophene rings is 1. The molecular formula is C16H16ClNO4S2. The molecule has 1 aromatic heterocycles. The number of nitrogens with one attached hydrogen (secondary N) is 1. The molecule has 0 atom stereocenters. The molecule has 128 valence electrons. The van der Waals surface area contributed by atoms with Crippen LogP contribution in [0.25, 0.3) is 0 Å². The van der Waals surface area contributed by atoms with E-state index in [1.54, 1.807) is 6.07 Å². The second kappa shape index (κ2) is 6.22. The van der Waals surface area contributed by atoms with Crippen molar-refractivity contribution in [1.82, 2.24) is 4.72 Å². The van der Waals surface area contributed by atoms with Crippen LogP contribution in [-0.4, -0.2) is 28.2 Å². The monoisotopic (exact) mass is 385 g/mol. The highest BCUT2D eigenvalue weighted by atomic mass is 35.5. The van der Waals surface area contributed by atoms with Crippen LogP contribution in [0, 0.1) is 0 Å². The molecule has 5 nitrogen and oxygen atoms in total. The van der Waals surface area contributed by atoms with Crippen LogP contribution in [0.2, 0.25) is 4.34 Å². The molecule has 0 unspecified atom stereocenters. The molecule has 0 fully saturated rings. The summed E-state index contributed by atoms with van der Waals surface area (Å²) in [7, 11) is -3.53. The van der Waals surface area contributed by atoms with Crippen molar-refractivity contribution in [2.75, 3.05) is 19.8 Å². The fraction of sp³-hybridized carbons (Fsp3) is 0.375. The SMILES string of the molecule is O=S(=O)(NCCc1c2c(cc3c1OCC3)OCC2)c1ccc(Cl)s1. The van der Waals surface area contributed by atoms with Gasteiger partial charge in [-0.05, 0) is 24.6 Å². The van der Waals surface area contributed by atoms with Crippen LogP contribution in [0.15, 0.2) is 22.4 Å². The minimum atomic E-state index is -3.53. The average molecular weight is 386 g/mol. The molecule has 24 heavy (non-hydrogen) atoms. The Labute approximate surface area is 149 Å². The van der Waals surface area contributed by atoms with Crippen molar-refractivity contribution in [2.45, 2.75) is 23.5 Å². The Morgan fingerprint density at radius 2 is 2.04 bits per heavy atom. The maximum atomic E-state index is 12.3. The summed E-state index contributed by atoms with van der Waals surface area (Å²) in [6, 6.07) is 5.17. The minimum absolute atomic E-state index is 0.232. The molecule has 8 heteroatoms. The van der Waals surface area contributed by atoms with Gasteiger partial charge in [-0.1, -0.05) is 11.6 Å². The van der Waals surface area contributed by atoms with E-state index in [-0.39, 0.29) is 4.21 Å². The zero-order chi connectivity index (χ0) is 16.7. The van der Waals surface area contributed by atoms with E-state index in [1.165, 1.54) is 6.07 Å². The number of hydrogen-bond acceptors (Lipinski definition) is 5. The molecule has 3 heterocycles. The molecule has 0 amide bonds. The average Bonchev–Trinajstić information content (AvgIpc) is 3.25. The number of rotatable bonds is 5. The maximum Gasteiger partial charge on any atom is 0.250 e. The highest BCUT2D eigenvalue weighted by Crippen LogP contribution is 2.40. The van der Waals surface area contributed by atoms with Crippen molar-refractivity contribution in [3.63, 3.8) is 0 Å². The first-order chi connectivity index (χ1) is 11.5. The quantitative estimate of drug-likeness (QED) is 0.859. The zero-order valence-electron chi connectivity index (χ0n) is 12.8. The van der Waals surface area contributed by atoms with Crippen LogP contribution in [0.3, 0.4) is 0 Å². The fourth-order valence-electron chi connectivity index (χ4n) is 3.17. The largest absolute Gasteiger partial charge is 0.493 e. The summed E-state index contributed by atoms with van der Waals surface area (Å²) >= 11 is 6.87. The predicted octanol–water partition coefficient (Wildman–Crippen LogP) is 2.79. The Balaban J connectivity index is 1.53. The summed E-state index contributed by atoms with van der Waals surface area (Å²) in [4.78, 5) is 0. The highest BCUT2D eigenvalue weighted by Gasteiger charge is 2.26. The molecule has 0 radical (unpaired) electrons. The van der Waals surface area contributed by atoms with Crippen LogP contribution in [-0.2, 0) is 29.3 Å². The molecular weight excluding hydrogens is 370 g/mol. The summed E-state index contributed by atoms with van der Waals surface area (Å²) in [5.41, 5.74) is 3.37. The Morgan fingerprint density at radius 1 is 1.21 bits per heavy atom. The lowest BCUT2D eigenvalue weighted by molar-refractivity contribution is 0.353. The van der Waals surface area contributed by atoms with Gasteiger partial charge < -0.3 is 9.47 Å². The summed E-state index contributed by atoms with van der Waals surface area (Å²) in [5, 5.41) is 0. The van der Waals surface area contributed by atoms with Gasteiger partial charge in [0.25, 0.3) is 0 Å². The third-order valence-corrected chi connectivity index (χ3v) is 7.42. The van der Waals surface area contributed by atoms with E-state index in [1.807, 2.05) is 0 Å². The first kappa shape index (κ1) is 16.2. The molecule has 0 spiro atoms. The van der Waals surface area contributed by atoms with E-state index < -0.39 is 10.0 Å². The molecule has 1 aromatic carbocycles. The molecule has 4 rings (SSSR count). The van der Waals surface area contributed by atoms with E-state index in [2.05, 4.69) is 10.8 Å². The van der Waals surface area contributed by atoms with E-state index in [9.17, 15) is 8.42 Å². The Morgan fingerprint density at radius 3 is 2.83 bits per heavy atom. The number of fused-ring (bicyclic) bond motifs is 2. The Hall–Kier alpha value is -1.28. The number of hydrogen-bond donors (Lipinski definition) is 1. The summed E-state index contributed by atoms with van der Waals surface area (Å²) in [6.07, 6.45) is 2.29. The second-order valence-electron chi connectivity index (χ2n) is 5.72. The van der Waals surface area contributed by atoms with Crippen molar-refractivity contribution in [1.29, 1.82) is 0 Å². The lowest BCUT2D eigenvalue weighted by Crippen LogP contribution is -2.25. The van der Waals surface area contributed by atoms with Crippen molar-refractivity contribution in [3.05, 3.63) is 39.2 Å². The molecule has 2 aromatic rings. The molecule has 2 aliphatic heterocycles. The second-order valence-corrected chi connectivity index (χ2v) is 9.43. The maximum absolute atomic E-state index is 12.3. The van der Waals surface area contributed by atoms with Gasteiger partial charge in [0.15, 0.2) is 0 Å². The molecule has 1 N–H and O–H groups in total. The minimum Gasteiger partial charge on any atom is -0.493 e. The number of sulfonamides is 1. The molecule has 0 aliphatic carbocycles. The summed E-state index contributed by atoms with van der Waals surface area (Å²) in [5.74, 6) is 1.83. The van der Waals surface area contributed by atoms with Gasteiger partial charge in [-0.15, -0.1) is 11.3 Å². The Bertz CT molecular complexity index is 859. The zero-order valence-corrected chi connectivity index (χ0v) is 15.2. The van der Waals surface area contributed by atoms with Gasteiger partial charge in [-0.25, -0.2) is 13.1 Å². The first-order valence-corrected chi connectivity index (χ1v) is 10.4. The van der Waals surface area contributed by atoms with Crippen LogP contribution in [0.5, 0.6) is 11.5 Å². The van der Waals surface area contributed by atoms with Gasteiger partial charge in [0, 0.05) is 36.1 Å². The number of benzene rings is 1. The Kier molecular flexibility index (Phi) is 4.20. The third-order valence-electron chi connectivity index (χ3n) is 4.24. The van der Waals surface area contributed by atoms with Crippen LogP contribution in [0.4, 0.5) is 0 Å². The first-order valence-electron chi connectivity index (χ1n) is 7.73. The van der Waals surface area contributed by atoms with Crippen molar-refractivity contribution >= 4 is 33.0 Å². The van der Waals surface area contributed by atoms with Gasteiger partial charge in [0.1, 0.15) is 15.7 Å². The highest BCUT2D eigenvalue weighted by molar-refractivity contribution is 7.91. The van der Waals surface area contributed by atoms with Crippen molar-refractivity contribution in [2.24, 2.45) is 0 Å². The van der Waals surface area contributed by atoms with E-state index in [4.69, 9.17) is 21.1 Å². The van der Waals surface area contributed by atoms with Gasteiger partial charge in [0.05, 0.1) is 17.6 Å². The molecule has 0 saturated carbocycles. The standard InChI is InChI=1S/C16H16ClNO4S2/c17-14-1-2-15(23-14)24(19,20)18-6-3-12-11-5-8-21-13(11)9-10-4-7-22-16(10)12/h1-2,9,18H,3-8H2. The predicted molar refractivity (Wildman–Crippen MR) is 93.1 cm³/mol. The number of halogens is 1. The fourth-order valence-corrected chi connectivity index (χ4v) is 5.73. The van der Waals surface area contributed by atoms with Gasteiger partial charge >= 0.3 is 0 Å². The van der Waals surface area contributed by atoms with Crippen molar-refractivity contribution in [3.8, 4) is 11.5 Å². The molecule has 0 saturated heterocycles. The van der Waals surface area contributed by atoms with Crippen LogP contribution >= 0.6 is 22.9 Å². The van der Waals surface area contributed by atoms with Gasteiger partial charge in [-0.3, -0.25) is 0 Å².